The minimum Gasteiger partial charge on any atom is -0.355 e. The molecule has 1 aromatic heterocycles. The zero-order valence-corrected chi connectivity index (χ0v) is 15.7. The fraction of sp³-hybridized carbons (Fsp3) is 0.364. The maximum absolute atomic E-state index is 12.2. The van der Waals surface area contributed by atoms with Crippen LogP contribution in [-0.4, -0.2) is 39.9 Å². The molecule has 0 saturated heterocycles. The first kappa shape index (κ1) is 17.7. The van der Waals surface area contributed by atoms with Crippen molar-refractivity contribution in [2.75, 3.05) is 13.1 Å². The molecule has 0 bridgehead atoms. The van der Waals surface area contributed by atoms with E-state index in [1.807, 2.05) is 24.3 Å². The summed E-state index contributed by atoms with van der Waals surface area (Å²) in [6.45, 7) is 4.88. The number of H-pyrrole nitrogens is 1. The standard InChI is InChI=1S/C22H26N4O/c1-16(26-13-12-17-6-2-3-7-18(17)15-26)14-23-22(27)11-10-21-24-19-8-4-5-9-20(19)25-21/h2-9,16H,10-15H2,1H3,(H,23,27)(H,24,25). The Bertz CT molecular complexity index is 900. The molecular formula is C22H26N4O. The third-order valence-electron chi connectivity index (χ3n) is 5.41. The largest absolute Gasteiger partial charge is 0.355 e. The topological polar surface area (TPSA) is 61.0 Å². The first-order chi connectivity index (χ1) is 13.2. The van der Waals surface area contributed by atoms with Crippen molar-refractivity contribution >= 4 is 16.9 Å². The van der Waals surface area contributed by atoms with E-state index >= 15 is 0 Å². The van der Waals surface area contributed by atoms with Crippen LogP contribution in [0.1, 0.15) is 30.3 Å². The van der Waals surface area contributed by atoms with E-state index in [2.05, 4.69) is 51.4 Å². The number of carbonyl (C=O) groups excluding carboxylic acids is 1. The molecule has 0 fully saturated rings. The van der Waals surface area contributed by atoms with E-state index in [0.717, 1.165) is 36.4 Å². The highest BCUT2D eigenvalue weighted by Crippen LogP contribution is 2.20. The van der Waals surface area contributed by atoms with E-state index in [-0.39, 0.29) is 5.91 Å². The van der Waals surface area contributed by atoms with Crippen LogP contribution in [-0.2, 0) is 24.2 Å². The molecule has 0 radical (unpaired) electrons. The fourth-order valence-corrected chi connectivity index (χ4v) is 3.73. The first-order valence-corrected chi connectivity index (χ1v) is 9.70. The van der Waals surface area contributed by atoms with Gasteiger partial charge in [0.1, 0.15) is 5.82 Å². The smallest absolute Gasteiger partial charge is 0.220 e. The number of benzene rings is 2. The molecule has 4 rings (SSSR count). The Kier molecular flexibility index (Phi) is 5.21. The van der Waals surface area contributed by atoms with Gasteiger partial charge in [-0.15, -0.1) is 0 Å². The number of hydrogen-bond donors (Lipinski definition) is 2. The zero-order valence-electron chi connectivity index (χ0n) is 15.7. The Labute approximate surface area is 159 Å². The number of nitrogens with one attached hydrogen (secondary N) is 2. The number of imidazole rings is 1. The van der Waals surface area contributed by atoms with Crippen LogP contribution in [0.2, 0.25) is 0 Å². The molecule has 3 aromatic rings. The minimum atomic E-state index is 0.0831. The van der Waals surface area contributed by atoms with Crippen molar-refractivity contribution in [3.63, 3.8) is 0 Å². The molecule has 1 aliphatic rings. The first-order valence-electron chi connectivity index (χ1n) is 9.70. The van der Waals surface area contributed by atoms with Crippen LogP contribution in [0.25, 0.3) is 11.0 Å². The summed E-state index contributed by atoms with van der Waals surface area (Å²) in [5.41, 5.74) is 4.83. The Balaban J connectivity index is 1.24. The molecular weight excluding hydrogens is 336 g/mol. The van der Waals surface area contributed by atoms with E-state index in [1.54, 1.807) is 0 Å². The van der Waals surface area contributed by atoms with Gasteiger partial charge in [-0.05, 0) is 36.6 Å². The van der Waals surface area contributed by atoms with E-state index in [0.29, 0.717) is 25.4 Å². The SMILES string of the molecule is CC(CNC(=O)CCc1nc2ccccc2[nH]1)N1CCc2ccccc2C1. The summed E-state index contributed by atoms with van der Waals surface area (Å²) in [7, 11) is 0. The maximum atomic E-state index is 12.2. The molecule has 5 heteroatoms. The zero-order chi connectivity index (χ0) is 18.6. The number of aromatic nitrogens is 2. The lowest BCUT2D eigenvalue weighted by Crippen LogP contribution is -2.44. The van der Waals surface area contributed by atoms with Gasteiger partial charge in [-0.2, -0.15) is 0 Å². The van der Waals surface area contributed by atoms with E-state index in [4.69, 9.17) is 0 Å². The average molecular weight is 362 g/mol. The number of amides is 1. The summed E-state index contributed by atoms with van der Waals surface area (Å²) in [6.07, 6.45) is 2.17. The van der Waals surface area contributed by atoms with E-state index in [1.165, 1.54) is 11.1 Å². The molecule has 2 N–H and O–H groups in total. The number of rotatable bonds is 6. The fourth-order valence-electron chi connectivity index (χ4n) is 3.73. The van der Waals surface area contributed by atoms with Crippen molar-refractivity contribution < 1.29 is 4.79 Å². The molecule has 1 aliphatic heterocycles. The molecule has 5 nitrogen and oxygen atoms in total. The number of hydrogen-bond acceptors (Lipinski definition) is 3. The van der Waals surface area contributed by atoms with Gasteiger partial charge in [0.15, 0.2) is 0 Å². The number of aromatic amines is 1. The van der Waals surface area contributed by atoms with Crippen LogP contribution in [0.15, 0.2) is 48.5 Å². The van der Waals surface area contributed by atoms with Gasteiger partial charge in [0.05, 0.1) is 11.0 Å². The summed E-state index contributed by atoms with van der Waals surface area (Å²) in [5, 5.41) is 3.09. The lowest BCUT2D eigenvalue weighted by Gasteiger charge is -2.33. The van der Waals surface area contributed by atoms with Gasteiger partial charge in [0.2, 0.25) is 5.91 Å². The Morgan fingerprint density at radius 1 is 1.19 bits per heavy atom. The predicted molar refractivity (Wildman–Crippen MR) is 107 cm³/mol. The van der Waals surface area contributed by atoms with Gasteiger partial charge in [0, 0.05) is 38.5 Å². The lowest BCUT2D eigenvalue weighted by atomic mass is 9.99. The summed E-state index contributed by atoms with van der Waals surface area (Å²) >= 11 is 0. The van der Waals surface area contributed by atoms with Crippen molar-refractivity contribution in [2.45, 2.75) is 38.8 Å². The Morgan fingerprint density at radius 2 is 1.96 bits per heavy atom. The molecule has 1 atom stereocenters. The van der Waals surface area contributed by atoms with Gasteiger partial charge in [-0.1, -0.05) is 36.4 Å². The second kappa shape index (κ2) is 7.92. The molecule has 0 spiro atoms. The number of fused-ring (bicyclic) bond motifs is 2. The van der Waals surface area contributed by atoms with Gasteiger partial charge >= 0.3 is 0 Å². The predicted octanol–water partition coefficient (Wildman–Crippen LogP) is 3.06. The number of nitrogens with zero attached hydrogens (tertiary/aromatic N) is 2. The third-order valence-corrected chi connectivity index (χ3v) is 5.41. The van der Waals surface area contributed by atoms with Crippen LogP contribution in [0, 0.1) is 0 Å². The molecule has 1 amide bonds. The summed E-state index contributed by atoms with van der Waals surface area (Å²) < 4.78 is 0. The summed E-state index contributed by atoms with van der Waals surface area (Å²) in [4.78, 5) is 22.5. The van der Waals surface area contributed by atoms with Crippen molar-refractivity contribution in [3.05, 3.63) is 65.5 Å². The quantitative estimate of drug-likeness (QED) is 0.708. The molecule has 27 heavy (non-hydrogen) atoms. The average Bonchev–Trinajstić information content (AvgIpc) is 3.13. The van der Waals surface area contributed by atoms with Crippen molar-refractivity contribution in [2.24, 2.45) is 0 Å². The van der Waals surface area contributed by atoms with Crippen LogP contribution in [0.5, 0.6) is 0 Å². The highest BCUT2D eigenvalue weighted by Gasteiger charge is 2.20. The van der Waals surface area contributed by atoms with Crippen LogP contribution in [0.3, 0.4) is 0 Å². The Hall–Kier alpha value is -2.66. The molecule has 0 saturated carbocycles. The maximum Gasteiger partial charge on any atom is 0.220 e. The molecule has 140 valence electrons. The molecule has 0 aliphatic carbocycles. The number of carbonyl (C=O) groups is 1. The number of aryl methyl sites for hydroxylation is 1. The van der Waals surface area contributed by atoms with Crippen molar-refractivity contribution in [1.29, 1.82) is 0 Å². The van der Waals surface area contributed by atoms with Crippen LogP contribution >= 0.6 is 0 Å². The number of para-hydroxylation sites is 2. The third kappa shape index (κ3) is 4.19. The van der Waals surface area contributed by atoms with Crippen LogP contribution in [0.4, 0.5) is 0 Å². The van der Waals surface area contributed by atoms with Crippen molar-refractivity contribution in [1.82, 2.24) is 20.2 Å². The monoisotopic (exact) mass is 362 g/mol. The lowest BCUT2D eigenvalue weighted by molar-refractivity contribution is -0.121. The highest BCUT2D eigenvalue weighted by atomic mass is 16.1. The van der Waals surface area contributed by atoms with Gasteiger partial charge in [-0.3, -0.25) is 9.69 Å². The molecule has 2 aromatic carbocycles. The minimum absolute atomic E-state index is 0.0831. The molecule has 2 heterocycles. The van der Waals surface area contributed by atoms with E-state index in [9.17, 15) is 4.79 Å². The van der Waals surface area contributed by atoms with Crippen molar-refractivity contribution in [3.8, 4) is 0 Å². The van der Waals surface area contributed by atoms with Gasteiger partial charge < -0.3 is 10.3 Å². The Morgan fingerprint density at radius 3 is 2.81 bits per heavy atom. The molecule has 1 unspecified atom stereocenters. The summed E-state index contributed by atoms with van der Waals surface area (Å²) in [6, 6.07) is 16.9. The summed E-state index contributed by atoms with van der Waals surface area (Å²) in [5.74, 6) is 0.951. The highest BCUT2D eigenvalue weighted by molar-refractivity contribution is 5.77. The van der Waals surface area contributed by atoms with Crippen LogP contribution < -0.4 is 5.32 Å². The van der Waals surface area contributed by atoms with E-state index < -0.39 is 0 Å². The second-order valence-electron chi connectivity index (χ2n) is 7.34. The van der Waals surface area contributed by atoms with Gasteiger partial charge in [-0.25, -0.2) is 4.98 Å². The second-order valence-corrected chi connectivity index (χ2v) is 7.34. The van der Waals surface area contributed by atoms with Gasteiger partial charge in [0.25, 0.3) is 0 Å². The normalized spacial score (nSPS) is 15.4.